The number of hydrogen-bond acceptors (Lipinski definition) is 2. The third kappa shape index (κ3) is 3.05. The summed E-state index contributed by atoms with van der Waals surface area (Å²) >= 11 is 0. The van der Waals surface area contributed by atoms with Crippen molar-refractivity contribution in [3.05, 3.63) is 29.6 Å². The number of carbonyl (C=O) groups excluding carboxylic acids is 1. The molecule has 0 atom stereocenters. The van der Waals surface area contributed by atoms with Crippen LogP contribution < -0.4 is 11.1 Å². The normalized spacial score (nSPS) is 9.86. The van der Waals surface area contributed by atoms with E-state index >= 15 is 0 Å². The molecule has 0 aliphatic rings. The third-order valence-electron chi connectivity index (χ3n) is 1.89. The summed E-state index contributed by atoms with van der Waals surface area (Å²) in [4.78, 5) is 10.4. The molecule has 4 heteroatoms. The minimum absolute atomic E-state index is 0.246. The molecule has 76 valence electrons. The van der Waals surface area contributed by atoms with Crippen LogP contribution in [0.1, 0.15) is 12.0 Å². The molecule has 3 N–H and O–H groups in total. The molecule has 0 bridgehead atoms. The number of halogens is 1. The molecule has 1 aromatic rings. The van der Waals surface area contributed by atoms with Gasteiger partial charge >= 0.3 is 0 Å². The molecule has 0 unspecified atom stereocenters. The van der Waals surface area contributed by atoms with Gasteiger partial charge in [0.15, 0.2) is 0 Å². The highest BCUT2D eigenvalue weighted by atomic mass is 19.1. The van der Waals surface area contributed by atoms with Gasteiger partial charge in [0.2, 0.25) is 5.91 Å². The van der Waals surface area contributed by atoms with Gasteiger partial charge in [-0.2, -0.15) is 0 Å². The average molecular weight is 196 g/mol. The Morgan fingerprint density at radius 3 is 2.93 bits per heavy atom. The van der Waals surface area contributed by atoms with Gasteiger partial charge in [0, 0.05) is 18.7 Å². The van der Waals surface area contributed by atoms with Crippen molar-refractivity contribution in [1.29, 1.82) is 0 Å². The van der Waals surface area contributed by atoms with Crippen LogP contribution in [0.2, 0.25) is 0 Å². The van der Waals surface area contributed by atoms with Crippen LogP contribution in [0.15, 0.2) is 18.2 Å². The maximum atomic E-state index is 12.8. The van der Waals surface area contributed by atoms with Crippen LogP contribution in [-0.2, 0) is 4.79 Å². The molecule has 0 aliphatic heterocycles. The smallest absolute Gasteiger partial charge is 0.219 e. The summed E-state index contributed by atoms with van der Waals surface area (Å²) in [5, 5.41) is 2.94. The molecule has 0 heterocycles. The molecule has 1 amide bonds. The monoisotopic (exact) mass is 196 g/mol. The Morgan fingerprint density at radius 2 is 2.29 bits per heavy atom. The van der Waals surface area contributed by atoms with Crippen LogP contribution in [-0.4, -0.2) is 12.5 Å². The zero-order valence-corrected chi connectivity index (χ0v) is 8.01. The van der Waals surface area contributed by atoms with Crippen LogP contribution in [0.3, 0.4) is 0 Å². The first-order valence-corrected chi connectivity index (χ1v) is 4.38. The number of anilines is 1. The van der Waals surface area contributed by atoms with Crippen LogP contribution in [0, 0.1) is 12.7 Å². The fraction of sp³-hybridized carbons (Fsp3) is 0.300. The maximum Gasteiger partial charge on any atom is 0.219 e. The number of nitrogens with one attached hydrogen (secondary N) is 1. The molecule has 0 saturated carbocycles. The lowest BCUT2D eigenvalue weighted by atomic mass is 10.2. The zero-order valence-electron chi connectivity index (χ0n) is 8.01. The molecule has 14 heavy (non-hydrogen) atoms. The van der Waals surface area contributed by atoms with E-state index in [1.807, 2.05) is 6.92 Å². The van der Waals surface area contributed by atoms with Crippen molar-refractivity contribution in [3.63, 3.8) is 0 Å². The largest absolute Gasteiger partial charge is 0.384 e. The van der Waals surface area contributed by atoms with E-state index in [1.165, 1.54) is 12.1 Å². The quantitative estimate of drug-likeness (QED) is 0.765. The molecule has 0 spiro atoms. The second-order valence-electron chi connectivity index (χ2n) is 3.10. The van der Waals surface area contributed by atoms with Gasteiger partial charge in [-0.1, -0.05) is 6.07 Å². The Kier molecular flexibility index (Phi) is 3.45. The lowest BCUT2D eigenvalue weighted by molar-refractivity contribution is -0.117. The predicted octanol–water partition coefficient (Wildman–Crippen LogP) is 1.42. The highest BCUT2D eigenvalue weighted by Gasteiger charge is 2.00. The van der Waals surface area contributed by atoms with E-state index in [9.17, 15) is 9.18 Å². The molecular weight excluding hydrogens is 183 g/mol. The summed E-state index contributed by atoms with van der Waals surface area (Å²) in [6.07, 6.45) is 0.246. The SMILES string of the molecule is Cc1ccc(F)cc1NCCC(N)=O. The first-order chi connectivity index (χ1) is 6.59. The molecule has 1 aromatic carbocycles. The van der Waals surface area contributed by atoms with Crippen molar-refractivity contribution in [2.75, 3.05) is 11.9 Å². The maximum absolute atomic E-state index is 12.8. The zero-order chi connectivity index (χ0) is 10.6. The standard InChI is InChI=1S/C10H13FN2O/c1-7-2-3-8(11)6-9(7)13-5-4-10(12)14/h2-3,6,13H,4-5H2,1H3,(H2,12,14). The fourth-order valence-electron chi connectivity index (χ4n) is 1.11. The summed E-state index contributed by atoms with van der Waals surface area (Å²) in [5.74, 6) is -0.663. The number of rotatable bonds is 4. The van der Waals surface area contributed by atoms with Crippen LogP contribution in [0.4, 0.5) is 10.1 Å². The van der Waals surface area contributed by atoms with E-state index in [2.05, 4.69) is 5.32 Å². The van der Waals surface area contributed by atoms with Gasteiger partial charge in [0.05, 0.1) is 0 Å². The van der Waals surface area contributed by atoms with Crippen molar-refractivity contribution >= 4 is 11.6 Å². The molecule has 0 aliphatic carbocycles. The van der Waals surface area contributed by atoms with Crippen molar-refractivity contribution in [2.45, 2.75) is 13.3 Å². The fourth-order valence-corrected chi connectivity index (χ4v) is 1.11. The number of nitrogens with two attached hydrogens (primary N) is 1. The Bertz CT molecular complexity index is 339. The van der Waals surface area contributed by atoms with Gasteiger partial charge in [0.25, 0.3) is 0 Å². The number of aryl methyl sites for hydroxylation is 1. The lowest BCUT2D eigenvalue weighted by Crippen LogP contribution is -2.16. The lowest BCUT2D eigenvalue weighted by Gasteiger charge is -2.08. The third-order valence-corrected chi connectivity index (χ3v) is 1.89. The second kappa shape index (κ2) is 4.60. The second-order valence-corrected chi connectivity index (χ2v) is 3.10. The number of carbonyl (C=O) groups is 1. The summed E-state index contributed by atoms with van der Waals surface area (Å²) in [5.41, 5.74) is 6.61. The minimum Gasteiger partial charge on any atom is -0.384 e. The molecule has 0 aromatic heterocycles. The van der Waals surface area contributed by atoms with Gasteiger partial charge < -0.3 is 11.1 Å². The first-order valence-electron chi connectivity index (χ1n) is 4.38. The molecule has 1 rings (SSSR count). The highest BCUT2D eigenvalue weighted by molar-refractivity contribution is 5.74. The number of benzene rings is 1. The number of primary amides is 1. The Labute approximate surface area is 82.1 Å². The van der Waals surface area contributed by atoms with Crippen LogP contribution in [0.25, 0.3) is 0 Å². The Hall–Kier alpha value is -1.58. The van der Waals surface area contributed by atoms with Crippen LogP contribution >= 0.6 is 0 Å². The summed E-state index contributed by atoms with van der Waals surface area (Å²) in [6.45, 7) is 2.30. The van der Waals surface area contributed by atoms with Gasteiger partial charge in [-0.3, -0.25) is 4.79 Å². The molecule has 3 nitrogen and oxygen atoms in total. The molecular formula is C10H13FN2O. The summed E-state index contributed by atoms with van der Waals surface area (Å²) in [6, 6.07) is 4.48. The van der Waals surface area contributed by atoms with Crippen molar-refractivity contribution < 1.29 is 9.18 Å². The highest BCUT2D eigenvalue weighted by Crippen LogP contribution is 2.15. The van der Waals surface area contributed by atoms with Gasteiger partial charge in [-0.05, 0) is 24.6 Å². The Morgan fingerprint density at radius 1 is 1.57 bits per heavy atom. The molecule has 0 fully saturated rings. The summed E-state index contributed by atoms with van der Waals surface area (Å²) < 4.78 is 12.8. The predicted molar refractivity (Wildman–Crippen MR) is 53.4 cm³/mol. The van der Waals surface area contributed by atoms with Gasteiger partial charge in [-0.25, -0.2) is 4.39 Å². The van der Waals surface area contributed by atoms with Crippen molar-refractivity contribution in [1.82, 2.24) is 0 Å². The van der Waals surface area contributed by atoms with E-state index in [4.69, 9.17) is 5.73 Å². The van der Waals surface area contributed by atoms with Gasteiger partial charge in [-0.15, -0.1) is 0 Å². The summed E-state index contributed by atoms with van der Waals surface area (Å²) in [7, 11) is 0. The Balaban J connectivity index is 2.57. The first kappa shape index (κ1) is 10.5. The van der Waals surface area contributed by atoms with Crippen molar-refractivity contribution in [2.24, 2.45) is 5.73 Å². The van der Waals surface area contributed by atoms with E-state index in [-0.39, 0.29) is 18.1 Å². The van der Waals surface area contributed by atoms with E-state index < -0.39 is 0 Å². The average Bonchev–Trinajstić information content (AvgIpc) is 2.10. The van der Waals surface area contributed by atoms with Crippen LogP contribution in [0.5, 0.6) is 0 Å². The van der Waals surface area contributed by atoms with E-state index in [1.54, 1.807) is 6.07 Å². The molecule has 0 saturated heterocycles. The number of hydrogen-bond donors (Lipinski definition) is 2. The van der Waals surface area contributed by atoms with E-state index in [0.717, 1.165) is 5.56 Å². The van der Waals surface area contributed by atoms with Crippen molar-refractivity contribution in [3.8, 4) is 0 Å². The number of amides is 1. The van der Waals surface area contributed by atoms with Gasteiger partial charge in [0.1, 0.15) is 5.82 Å². The topological polar surface area (TPSA) is 55.1 Å². The van der Waals surface area contributed by atoms with E-state index in [0.29, 0.717) is 12.2 Å². The molecule has 0 radical (unpaired) electrons. The minimum atomic E-state index is -0.369.